The molecular weight excluding hydrogens is 208 g/mol. The van der Waals surface area contributed by atoms with Crippen LogP contribution < -0.4 is 10.6 Å². The van der Waals surface area contributed by atoms with Crippen molar-refractivity contribution in [2.75, 3.05) is 18.0 Å². The molecule has 1 heterocycles. The summed E-state index contributed by atoms with van der Waals surface area (Å²) in [6.07, 6.45) is 1.29. The van der Waals surface area contributed by atoms with Crippen LogP contribution in [0.1, 0.15) is 38.8 Å². The molecule has 3 atom stereocenters. The summed E-state index contributed by atoms with van der Waals surface area (Å²) in [5.41, 5.74) is 8.66. The third-order valence-corrected chi connectivity index (χ3v) is 4.10. The second-order valence-electron chi connectivity index (χ2n) is 5.54. The average Bonchev–Trinajstić information content (AvgIpc) is 2.32. The number of rotatable bonds is 2. The molecule has 1 aliphatic heterocycles. The highest BCUT2D eigenvalue weighted by Gasteiger charge is 2.24. The van der Waals surface area contributed by atoms with Crippen molar-refractivity contribution in [3.8, 4) is 0 Å². The van der Waals surface area contributed by atoms with Crippen LogP contribution in [0.4, 0.5) is 5.69 Å². The van der Waals surface area contributed by atoms with Crippen molar-refractivity contribution in [1.29, 1.82) is 0 Å². The Bertz CT molecular complexity index is 373. The van der Waals surface area contributed by atoms with Gasteiger partial charge in [-0.25, -0.2) is 0 Å². The molecule has 0 amide bonds. The zero-order valence-corrected chi connectivity index (χ0v) is 11.2. The Kier molecular flexibility index (Phi) is 3.72. The number of anilines is 1. The van der Waals surface area contributed by atoms with Crippen molar-refractivity contribution < 1.29 is 0 Å². The molecule has 0 radical (unpaired) electrons. The Morgan fingerprint density at radius 3 is 2.59 bits per heavy atom. The summed E-state index contributed by atoms with van der Waals surface area (Å²) in [5.74, 6) is 1.61. The van der Waals surface area contributed by atoms with Crippen molar-refractivity contribution >= 4 is 5.69 Å². The van der Waals surface area contributed by atoms with Gasteiger partial charge in [0.25, 0.3) is 0 Å². The van der Waals surface area contributed by atoms with E-state index in [0.29, 0.717) is 0 Å². The summed E-state index contributed by atoms with van der Waals surface area (Å²) in [6, 6.07) is 8.67. The van der Waals surface area contributed by atoms with Gasteiger partial charge in [-0.05, 0) is 36.8 Å². The fraction of sp³-hybridized carbons (Fsp3) is 0.600. The highest BCUT2D eigenvalue weighted by atomic mass is 15.1. The molecule has 1 fully saturated rings. The zero-order valence-electron chi connectivity index (χ0n) is 11.2. The fourth-order valence-corrected chi connectivity index (χ4v) is 2.64. The van der Waals surface area contributed by atoms with E-state index in [9.17, 15) is 0 Å². The van der Waals surface area contributed by atoms with Gasteiger partial charge in [-0.15, -0.1) is 0 Å². The molecule has 0 spiro atoms. The van der Waals surface area contributed by atoms with Gasteiger partial charge in [0.05, 0.1) is 0 Å². The molecule has 94 valence electrons. The van der Waals surface area contributed by atoms with Gasteiger partial charge in [-0.1, -0.05) is 32.0 Å². The first kappa shape index (κ1) is 12.4. The minimum absolute atomic E-state index is 0.112. The number of piperidine rings is 1. The maximum atomic E-state index is 6.06. The van der Waals surface area contributed by atoms with Gasteiger partial charge in [-0.2, -0.15) is 0 Å². The maximum Gasteiger partial charge on any atom is 0.0414 e. The molecule has 1 saturated heterocycles. The van der Waals surface area contributed by atoms with Crippen LogP contribution in [0.3, 0.4) is 0 Å². The first-order chi connectivity index (χ1) is 8.09. The summed E-state index contributed by atoms with van der Waals surface area (Å²) < 4.78 is 0. The number of hydrogen-bond acceptors (Lipinski definition) is 2. The van der Waals surface area contributed by atoms with Gasteiger partial charge in [0.2, 0.25) is 0 Å². The van der Waals surface area contributed by atoms with Crippen LogP contribution in [0.15, 0.2) is 24.3 Å². The molecule has 1 aromatic carbocycles. The number of nitrogens with two attached hydrogens (primary N) is 1. The van der Waals surface area contributed by atoms with Gasteiger partial charge < -0.3 is 10.6 Å². The number of nitrogens with zero attached hydrogens (tertiary/aromatic N) is 1. The first-order valence-corrected chi connectivity index (χ1v) is 6.69. The smallest absolute Gasteiger partial charge is 0.0414 e. The molecule has 1 aliphatic rings. The van der Waals surface area contributed by atoms with E-state index >= 15 is 0 Å². The van der Waals surface area contributed by atoms with E-state index in [1.165, 1.54) is 17.7 Å². The van der Waals surface area contributed by atoms with Gasteiger partial charge >= 0.3 is 0 Å². The third-order valence-electron chi connectivity index (χ3n) is 4.10. The van der Waals surface area contributed by atoms with Crippen LogP contribution >= 0.6 is 0 Å². The Labute approximate surface area is 105 Å². The molecule has 0 bridgehead atoms. The van der Waals surface area contributed by atoms with Gasteiger partial charge in [0.15, 0.2) is 0 Å². The number of benzene rings is 1. The van der Waals surface area contributed by atoms with Crippen LogP contribution in [0.2, 0.25) is 0 Å². The molecule has 0 saturated carbocycles. The zero-order chi connectivity index (χ0) is 12.4. The SMILES string of the molecule is CC(N)c1ccccc1N1CCC(C)C(C)C1. The Balaban J connectivity index is 2.22. The third kappa shape index (κ3) is 2.63. The summed E-state index contributed by atoms with van der Waals surface area (Å²) in [5, 5.41) is 0. The Morgan fingerprint density at radius 2 is 1.94 bits per heavy atom. The molecule has 2 rings (SSSR count). The maximum absolute atomic E-state index is 6.06. The van der Waals surface area contributed by atoms with E-state index in [0.717, 1.165) is 24.9 Å². The summed E-state index contributed by atoms with van der Waals surface area (Å²) in [4.78, 5) is 2.50. The van der Waals surface area contributed by atoms with E-state index in [4.69, 9.17) is 5.73 Å². The van der Waals surface area contributed by atoms with E-state index < -0.39 is 0 Å². The van der Waals surface area contributed by atoms with Crippen LogP contribution in [0, 0.1) is 11.8 Å². The fourth-order valence-electron chi connectivity index (χ4n) is 2.64. The molecule has 3 unspecified atom stereocenters. The predicted molar refractivity (Wildman–Crippen MR) is 74.2 cm³/mol. The highest BCUT2D eigenvalue weighted by Crippen LogP contribution is 2.31. The Hall–Kier alpha value is -1.02. The lowest BCUT2D eigenvalue weighted by molar-refractivity contribution is 0.323. The van der Waals surface area contributed by atoms with E-state index in [2.05, 4.69) is 49.9 Å². The monoisotopic (exact) mass is 232 g/mol. The van der Waals surface area contributed by atoms with E-state index in [1.807, 2.05) is 0 Å². The van der Waals surface area contributed by atoms with Crippen molar-refractivity contribution in [2.24, 2.45) is 17.6 Å². The summed E-state index contributed by atoms with van der Waals surface area (Å²) in [7, 11) is 0. The molecule has 0 aliphatic carbocycles. The topological polar surface area (TPSA) is 29.3 Å². The molecule has 17 heavy (non-hydrogen) atoms. The van der Waals surface area contributed by atoms with Gasteiger partial charge in [0, 0.05) is 24.8 Å². The van der Waals surface area contributed by atoms with Gasteiger partial charge in [-0.3, -0.25) is 0 Å². The van der Waals surface area contributed by atoms with Crippen LogP contribution in [0.25, 0.3) is 0 Å². The summed E-state index contributed by atoms with van der Waals surface area (Å²) in [6.45, 7) is 9.10. The van der Waals surface area contributed by atoms with Crippen LogP contribution in [-0.4, -0.2) is 13.1 Å². The largest absolute Gasteiger partial charge is 0.371 e. The average molecular weight is 232 g/mol. The molecular formula is C15H24N2. The Morgan fingerprint density at radius 1 is 1.24 bits per heavy atom. The standard InChI is InChI=1S/C15H24N2/c1-11-8-9-17(10-12(11)2)15-7-5-4-6-14(15)13(3)16/h4-7,11-13H,8-10,16H2,1-3H3. The second-order valence-corrected chi connectivity index (χ2v) is 5.54. The lowest BCUT2D eigenvalue weighted by Gasteiger charge is -2.38. The van der Waals surface area contributed by atoms with Gasteiger partial charge in [0.1, 0.15) is 0 Å². The van der Waals surface area contributed by atoms with E-state index in [1.54, 1.807) is 0 Å². The lowest BCUT2D eigenvalue weighted by Crippen LogP contribution is -2.39. The second kappa shape index (κ2) is 5.09. The molecule has 2 nitrogen and oxygen atoms in total. The van der Waals surface area contributed by atoms with E-state index in [-0.39, 0.29) is 6.04 Å². The molecule has 1 aromatic rings. The van der Waals surface area contributed by atoms with Crippen molar-refractivity contribution in [1.82, 2.24) is 0 Å². The molecule has 2 heteroatoms. The first-order valence-electron chi connectivity index (χ1n) is 6.69. The predicted octanol–water partition coefficient (Wildman–Crippen LogP) is 3.19. The highest BCUT2D eigenvalue weighted by molar-refractivity contribution is 5.55. The number of para-hydroxylation sites is 1. The summed E-state index contributed by atoms with van der Waals surface area (Å²) >= 11 is 0. The van der Waals surface area contributed by atoms with Crippen molar-refractivity contribution in [3.63, 3.8) is 0 Å². The molecule has 2 N–H and O–H groups in total. The molecule has 0 aromatic heterocycles. The quantitative estimate of drug-likeness (QED) is 0.848. The lowest BCUT2D eigenvalue weighted by atomic mass is 9.88. The van der Waals surface area contributed by atoms with Crippen molar-refractivity contribution in [3.05, 3.63) is 29.8 Å². The normalized spacial score (nSPS) is 26.9. The van der Waals surface area contributed by atoms with Crippen LogP contribution in [-0.2, 0) is 0 Å². The minimum atomic E-state index is 0.112. The van der Waals surface area contributed by atoms with Crippen molar-refractivity contribution in [2.45, 2.75) is 33.2 Å². The number of hydrogen-bond donors (Lipinski definition) is 1. The van der Waals surface area contributed by atoms with Crippen LogP contribution in [0.5, 0.6) is 0 Å². The minimum Gasteiger partial charge on any atom is -0.371 e.